The summed E-state index contributed by atoms with van der Waals surface area (Å²) in [5.41, 5.74) is 1.70. The SMILES string of the molecule is c1ccc(-c2noc(NCc3ccc4c(c3)OCO4)n2)nc1. The lowest BCUT2D eigenvalue weighted by Crippen LogP contribution is -1.99. The highest BCUT2D eigenvalue weighted by Gasteiger charge is 2.14. The molecule has 1 aliphatic rings. The molecule has 4 rings (SSSR count). The van der Waals surface area contributed by atoms with Gasteiger partial charge in [0.2, 0.25) is 12.6 Å². The number of benzene rings is 1. The number of nitrogens with zero attached hydrogens (tertiary/aromatic N) is 3. The highest BCUT2D eigenvalue weighted by atomic mass is 16.7. The third-order valence-corrected chi connectivity index (χ3v) is 3.20. The average molecular weight is 296 g/mol. The summed E-state index contributed by atoms with van der Waals surface area (Å²) in [7, 11) is 0. The van der Waals surface area contributed by atoms with Crippen molar-refractivity contribution in [2.75, 3.05) is 12.1 Å². The molecule has 3 aromatic rings. The monoisotopic (exact) mass is 296 g/mol. The van der Waals surface area contributed by atoms with Crippen molar-refractivity contribution in [3.63, 3.8) is 0 Å². The zero-order chi connectivity index (χ0) is 14.8. The summed E-state index contributed by atoms with van der Waals surface area (Å²) in [5.74, 6) is 1.96. The fourth-order valence-electron chi connectivity index (χ4n) is 2.12. The van der Waals surface area contributed by atoms with Gasteiger partial charge < -0.3 is 19.3 Å². The molecule has 0 saturated carbocycles. The van der Waals surface area contributed by atoms with Gasteiger partial charge in [-0.05, 0) is 29.8 Å². The van der Waals surface area contributed by atoms with E-state index < -0.39 is 0 Å². The Labute approximate surface area is 125 Å². The summed E-state index contributed by atoms with van der Waals surface area (Å²) in [6.07, 6.45) is 1.69. The molecule has 0 radical (unpaired) electrons. The normalized spacial score (nSPS) is 12.4. The van der Waals surface area contributed by atoms with E-state index in [2.05, 4.69) is 20.4 Å². The molecule has 0 saturated heterocycles. The number of pyridine rings is 1. The van der Waals surface area contributed by atoms with Gasteiger partial charge in [0.25, 0.3) is 0 Å². The minimum atomic E-state index is 0.267. The number of aromatic nitrogens is 3. The van der Waals surface area contributed by atoms with Gasteiger partial charge in [-0.15, -0.1) is 0 Å². The first-order valence-electron chi connectivity index (χ1n) is 6.76. The van der Waals surface area contributed by atoms with Gasteiger partial charge in [0.1, 0.15) is 5.69 Å². The number of ether oxygens (including phenoxy) is 2. The predicted octanol–water partition coefficient (Wildman–Crippen LogP) is 2.47. The van der Waals surface area contributed by atoms with Crippen molar-refractivity contribution in [3.8, 4) is 23.0 Å². The molecule has 2 aromatic heterocycles. The van der Waals surface area contributed by atoms with Crippen molar-refractivity contribution < 1.29 is 14.0 Å². The summed E-state index contributed by atoms with van der Waals surface area (Å²) in [4.78, 5) is 8.44. The number of hydrogen-bond acceptors (Lipinski definition) is 7. The van der Waals surface area contributed by atoms with Gasteiger partial charge >= 0.3 is 6.01 Å². The van der Waals surface area contributed by atoms with Crippen molar-refractivity contribution in [1.82, 2.24) is 15.1 Å². The van der Waals surface area contributed by atoms with Gasteiger partial charge in [0.15, 0.2) is 11.5 Å². The highest BCUT2D eigenvalue weighted by Crippen LogP contribution is 2.32. The molecule has 22 heavy (non-hydrogen) atoms. The van der Waals surface area contributed by atoms with E-state index in [0.29, 0.717) is 24.1 Å². The Morgan fingerprint density at radius 1 is 1.09 bits per heavy atom. The van der Waals surface area contributed by atoms with E-state index in [1.54, 1.807) is 6.20 Å². The lowest BCUT2D eigenvalue weighted by molar-refractivity contribution is 0.174. The van der Waals surface area contributed by atoms with Crippen LogP contribution in [0.5, 0.6) is 11.5 Å². The number of fused-ring (bicyclic) bond motifs is 1. The number of hydrogen-bond donors (Lipinski definition) is 1. The molecule has 7 nitrogen and oxygen atoms in total. The molecule has 0 unspecified atom stereocenters. The van der Waals surface area contributed by atoms with E-state index in [1.807, 2.05) is 36.4 Å². The van der Waals surface area contributed by atoms with Crippen LogP contribution in [-0.2, 0) is 6.54 Å². The van der Waals surface area contributed by atoms with E-state index in [-0.39, 0.29) is 6.79 Å². The first kappa shape index (κ1) is 12.6. The van der Waals surface area contributed by atoms with Crippen molar-refractivity contribution in [3.05, 3.63) is 48.2 Å². The summed E-state index contributed by atoms with van der Waals surface area (Å²) in [5, 5.41) is 6.98. The van der Waals surface area contributed by atoms with Crippen LogP contribution in [0.1, 0.15) is 5.56 Å². The van der Waals surface area contributed by atoms with Crippen LogP contribution in [0.4, 0.5) is 6.01 Å². The third-order valence-electron chi connectivity index (χ3n) is 3.20. The molecule has 1 aliphatic heterocycles. The molecule has 7 heteroatoms. The molecular formula is C15H12N4O3. The third kappa shape index (κ3) is 2.44. The van der Waals surface area contributed by atoms with Gasteiger partial charge in [-0.3, -0.25) is 4.98 Å². The van der Waals surface area contributed by atoms with E-state index in [4.69, 9.17) is 14.0 Å². The topological polar surface area (TPSA) is 82.3 Å². The molecular weight excluding hydrogens is 284 g/mol. The second-order valence-corrected chi connectivity index (χ2v) is 4.68. The molecule has 110 valence electrons. The molecule has 1 N–H and O–H groups in total. The minimum absolute atomic E-state index is 0.267. The van der Waals surface area contributed by atoms with Crippen LogP contribution >= 0.6 is 0 Å². The molecule has 0 atom stereocenters. The van der Waals surface area contributed by atoms with Crippen molar-refractivity contribution in [2.45, 2.75) is 6.54 Å². The van der Waals surface area contributed by atoms with Crippen LogP contribution in [0.15, 0.2) is 47.1 Å². The lowest BCUT2D eigenvalue weighted by Gasteiger charge is -2.02. The molecule has 3 heterocycles. The van der Waals surface area contributed by atoms with E-state index >= 15 is 0 Å². The first-order valence-corrected chi connectivity index (χ1v) is 6.76. The van der Waals surface area contributed by atoms with Crippen LogP contribution in [0.2, 0.25) is 0 Å². The average Bonchev–Trinajstić information content (AvgIpc) is 3.22. The Hall–Kier alpha value is -3.09. The smallest absolute Gasteiger partial charge is 0.322 e. The molecule has 0 aliphatic carbocycles. The van der Waals surface area contributed by atoms with E-state index in [0.717, 1.165) is 17.1 Å². The van der Waals surface area contributed by atoms with Crippen LogP contribution in [0.25, 0.3) is 11.5 Å². The summed E-state index contributed by atoms with van der Waals surface area (Å²) < 4.78 is 15.8. The Morgan fingerprint density at radius 3 is 2.95 bits per heavy atom. The Kier molecular flexibility index (Phi) is 3.08. The van der Waals surface area contributed by atoms with Crippen molar-refractivity contribution in [1.29, 1.82) is 0 Å². The van der Waals surface area contributed by atoms with E-state index in [1.165, 1.54) is 0 Å². The van der Waals surface area contributed by atoms with Gasteiger partial charge in [-0.1, -0.05) is 17.3 Å². The van der Waals surface area contributed by atoms with Crippen LogP contribution in [-0.4, -0.2) is 21.9 Å². The molecule has 0 fully saturated rings. The summed E-state index contributed by atoms with van der Waals surface area (Å²) >= 11 is 0. The van der Waals surface area contributed by atoms with Crippen LogP contribution in [0.3, 0.4) is 0 Å². The second kappa shape index (κ2) is 5.36. The summed E-state index contributed by atoms with van der Waals surface area (Å²) in [6, 6.07) is 11.6. The van der Waals surface area contributed by atoms with Crippen molar-refractivity contribution >= 4 is 6.01 Å². The van der Waals surface area contributed by atoms with Crippen molar-refractivity contribution in [2.24, 2.45) is 0 Å². The number of nitrogens with one attached hydrogen (secondary N) is 1. The first-order chi connectivity index (χ1) is 10.9. The maximum Gasteiger partial charge on any atom is 0.322 e. The Bertz CT molecular complexity index is 788. The quantitative estimate of drug-likeness (QED) is 0.791. The molecule has 0 amide bonds. The Balaban J connectivity index is 1.45. The number of anilines is 1. The standard InChI is InChI=1S/C15H12N4O3/c1-2-6-16-11(3-1)14-18-15(22-19-14)17-8-10-4-5-12-13(7-10)21-9-20-12/h1-7H,8-9H2,(H,17,18,19). The molecule has 0 spiro atoms. The lowest BCUT2D eigenvalue weighted by atomic mass is 10.2. The van der Waals surface area contributed by atoms with Crippen LogP contribution < -0.4 is 14.8 Å². The molecule has 0 bridgehead atoms. The fourth-order valence-corrected chi connectivity index (χ4v) is 2.12. The zero-order valence-corrected chi connectivity index (χ0v) is 11.5. The Morgan fingerprint density at radius 2 is 2.05 bits per heavy atom. The zero-order valence-electron chi connectivity index (χ0n) is 11.5. The second-order valence-electron chi connectivity index (χ2n) is 4.68. The maximum absolute atomic E-state index is 5.34. The summed E-state index contributed by atoms with van der Waals surface area (Å²) in [6.45, 7) is 0.809. The number of rotatable bonds is 4. The van der Waals surface area contributed by atoms with Crippen LogP contribution in [0, 0.1) is 0 Å². The predicted molar refractivity (Wildman–Crippen MR) is 77.4 cm³/mol. The minimum Gasteiger partial charge on any atom is -0.454 e. The molecule has 1 aromatic carbocycles. The fraction of sp³-hybridized carbons (Fsp3) is 0.133. The van der Waals surface area contributed by atoms with Gasteiger partial charge in [0, 0.05) is 12.7 Å². The largest absolute Gasteiger partial charge is 0.454 e. The highest BCUT2D eigenvalue weighted by molar-refractivity contribution is 5.49. The maximum atomic E-state index is 5.34. The van der Waals surface area contributed by atoms with Gasteiger partial charge in [-0.25, -0.2) is 0 Å². The van der Waals surface area contributed by atoms with Gasteiger partial charge in [0.05, 0.1) is 0 Å². The van der Waals surface area contributed by atoms with Gasteiger partial charge in [-0.2, -0.15) is 4.98 Å². The van der Waals surface area contributed by atoms with E-state index in [9.17, 15) is 0 Å².